The maximum absolute atomic E-state index is 11.6. The molecular formula is C11H22NaO4. The van der Waals surface area contributed by atoms with Crippen LogP contribution in [0.4, 0.5) is 0 Å². The van der Waals surface area contributed by atoms with Crippen molar-refractivity contribution in [3.05, 3.63) is 0 Å². The van der Waals surface area contributed by atoms with Gasteiger partial charge in [-0.3, -0.25) is 4.79 Å². The summed E-state index contributed by atoms with van der Waals surface area (Å²) >= 11 is 0. The molecule has 0 aromatic rings. The van der Waals surface area contributed by atoms with Crippen LogP contribution >= 0.6 is 0 Å². The fraction of sp³-hybridized carbons (Fsp3) is 0.909. The van der Waals surface area contributed by atoms with Crippen LogP contribution in [-0.2, 0) is 9.53 Å². The van der Waals surface area contributed by atoms with E-state index in [1.165, 1.54) is 0 Å². The van der Waals surface area contributed by atoms with Gasteiger partial charge in [0.1, 0.15) is 6.10 Å². The first-order valence-corrected chi connectivity index (χ1v) is 5.61. The minimum Gasteiger partial charge on any atom is -0.457 e. The van der Waals surface area contributed by atoms with Crippen LogP contribution in [-0.4, -0.2) is 65.1 Å². The number of hydrogen-bond donors (Lipinski definition) is 2. The number of ether oxygens (including phenoxy) is 1. The van der Waals surface area contributed by atoms with Crippen molar-refractivity contribution in [2.75, 3.05) is 13.2 Å². The number of carbonyl (C=O) groups excluding carboxylic acids is 1. The zero-order chi connectivity index (χ0) is 11.7. The molecule has 1 unspecified atom stereocenters. The van der Waals surface area contributed by atoms with E-state index in [4.69, 9.17) is 14.9 Å². The molecule has 0 aliphatic carbocycles. The second kappa shape index (κ2) is 11.9. The Bertz CT molecular complexity index is 171. The quantitative estimate of drug-likeness (QED) is 0.485. The number of hydrogen-bond acceptors (Lipinski definition) is 4. The first-order chi connectivity index (χ1) is 7.19. The van der Waals surface area contributed by atoms with Crippen LogP contribution in [0.3, 0.4) is 0 Å². The van der Waals surface area contributed by atoms with Crippen LogP contribution in [0.15, 0.2) is 0 Å². The monoisotopic (exact) mass is 241 g/mol. The molecule has 0 aromatic heterocycles. The zero-order valence-electron chi connectivity index (χ0n) is 10.6. The van der Waals surface area contributed by atoms with Gasteiger partial charge in [-0.15, -0.1) is 0 Å². The minimum absolute atomic E-state index is 0. The average molecular weight is 241 g/mol. The van der Waals surface area contributed by atoms with Crippen LogP contribution < -0.4 is 0 Å². The summed E-state index contributed by atoms with van der Waals surface area (Å²) < 4.78 is 4.96. The molecule has 0 saturated carbocycles. The number of esters is 1. The summed E-state index contributed by atoms with van der Waals surface area (Å²) in [5.74, 6) is -0.412. The van der Waals surface area contributed by atoms with Gasteiger partial charge in [-0.05, 0) is 12.8 Å². The molecule has 0 saturated heterocycles. The predicted octanol–water partition coefficient (Wildman–Crippen LogP) is 0.718. The Balaban J connectivity index is 0. The first kappa shape index (κ1) is 18.7. The Kier molecular flexibility index (Phi) is 13.9. The van der Waals surface area contributed by atoms with Gasteiger partial charge < -0.3 is 14.9 Å². The Labute approximate surface area is 120 Å². The molecule has 0 amide bonds. The van der Waals surface area contributed by atoms with Crippen LogP contribution in [0, 0.1) is 5.92 Å². The summed E-state index contributed by atoms with van der Waals surface area (Å²) in [7, 11) is 0. The average Bonchev–Trinajstić information content (AvgIpc) is 2.26. The molecule has 5 heteroatoms. The SMILES string of the molecule is CCCCC(CC)C(=O)OC(CO)CO.[Na]. The van der Waals surface area contributed by atoms with E-state index in [1.807, 2.05) is 6.92 Å². The van der Waals surface area contributed by atoms with E-state index in [2.05, 4.69) is 6.92 Å². The Morgan fingerprint density at radius 3 is 2.19 bits per heavy atom. The fourth-order valence-electron chi connectivity index (χ4n) is 1.33. The van der Waals surface area contributed by atoms with Gasteiger partial charge in [-0.25, -0.2) is 0 Å². The van der Waals surface area contributed by atoms with E-state index in [9.17, 15) is 4.79 Å². The van der Waals surface area contributed by atoms with Crippen molar-refractivity contribution in [2.24, 2.45) is 5.92 Å². The summed E-state index contributed by atoms with van der Waals surface area (Å²) in [6.45, 7) is 3.36. The van der Waals surface area contributed by atoms with Crippen molar-refractivity contribution >= 4 is 35.5 Å². The molecule has 0 fully saturated rings. The molecule has 1 atom stereocenters. The molecular weight excluding hydrogens is 219 g/mol. The molecule has 91 valence electrons. The molecule has 0 spiro atoms. The first-order valence-electron chi connectivity index (χ1n) is 5.61. The van der Waals surface area contributed by atoms with E-state index in [1.54, 1.807) is 0 Å². The van der Waals surface area contributed by atoms with Gasteiger partial charge in [-0.2, -0.15) is 0 Å². The summed E-state index contributed by atoms with van der Waals surface area (Å²) in [5, 5.41) is 17.5. The molecule has 1 radical (unpaired) electrons. The number of unbranched alkanes of at least 4 members (excludes halogenated alkanes) is 1. The molecule has 0 aliphatic heterocycles. The maximum atomic E-state index is 11.6. The third-order valence-electron chi connectivity index (χ3n) is 2.42. The molecule has 0 rings (SSSR count). The van der Waals surface area contributed by atoms with Crippen molar-refractivity contribution in [3.8, 4) is 0 Å². The smallest absolute Gasteiger partial charge is 0.309 e. The van der Waals surface area contributed by atoms with Gasteiger partial charge in [0.2, 0.25) is 0 Å². The van der Waals surface area contributed by atoms with Gasteiger partial charge in [0.25, 0.3) is 0 Å². The van der Waals surface area contributed by atoms with Crippen molar-refractivity contribution in [1.29, 1.82) is 0 Å². The summed E-state index contributed by atoms with van der Waals surface area (Å²) in [6.07, 6.45) is 2.83. The molecule has 0 aromatic carbocycles. The Hall–Kier alpha value is 0.390. The second-order valence-electron chi connectivity index (χ2n) is 3.67. The van der Waals surface area contributed by atoms with E-state index in [0.717, 1.165) is 25.7 Å². The van der Waals surface area contributed by atoms with Crippen molar-refractivity contribution < 1.29 is 19.7 Å². The Morgan fingerprint density at radius 2 is 1.81 bits per heavy atom. The largest absolute Gasteiger partial charge is 0.457 e. The minimum atomic E-state index is -0.770. The van der Waals surface area contributed by atoms with Crippen LogP contribution in [0.2, 0.25) is 0 Å². The maximum Gasteiger partial charge on any atom is 0.309 e. The second-order valence-corrected chi connectivity index (χ2v) is 3.67. The Morgan fingerprint density at radius 1 is 1.25 bits per heavy atom. The normalized spacial score (nSPS) is 12.1. The number of aliphatic hydroxyl groups is 2. The van der Waals surface area contributed by atoms with E-state index in [0.29, 0.717) is 0 Å². The van der Waals surface area contributed by atoms with Crippen LogP contribution in [0.1, 0.15) is 39.5 Å². The van der Waals surface area contributed by atoms with Crippen LogP contribution in [0.5, 0.6) is 0 Å². The van der Waals surface area contributed by atoms with Crippen molar-refractivity contribution in [3.63, 3.8) is 0 Å². The topological polar surface area (TPSA) is 66.8 Å². The van der Waals surface area contributed by atoms with E-state index < -0.39 is 6.10 Å². The van der Waals surface area contributed by atoms with Gasteiger partial charge in [0, 0.05) is 29.6 Å². The molecule has 0 heterocycles. The van der Waals surface area contributed by atoms with Gasteiger partial charge in [0.05, 0.1) is 19.1 Å². The van der Waals surface area contributed by atoms with Gasteiger partial charge in [0.15, 0.2) is 0 Å². The summed E-state index contributed by atoms with van der Waals surface area (Å²) in [6, 6.07) is 0. The summed E-state index contributed by atoms with van der Waals surface area (Å²) in [4.78, 5) is 11.6. The van der Waals surface area contributed by atoms with Crippen LogP contribution in [0.25, 0.3) is 0 Å². The molecule has 16 heavy (non-hydrogen) atoms. The fourth-order valence-corrected chi connectivity index (χ4v) is 1.33. The zero-order valence-corrected chi connectivity index (χ0v) is 12.6. The van der Waals surface area contributed by atoms with E-state index in [-0.39, 0.29) is 54.7 Å². The standard InChI is InChI=1S/C11H22O4.Na/c1-3-5-6-9(4-2)11(14)15-10(7-12)8-13;/h9-10,12-13H,3-8H2,1-2H3;. The predicted molar refractivity (Wildman–Crippen MR) is 63.1 cm³/mol. The van der Waals surface area contributed by atoms with Gasteiger partial charge >= 0.3 is 5.97 Å². The third-order valence-corrected chi connectivity index (χ3v) is 2.42. The van der Waals surface area contributed by atoms with E-state index >= 15 is 0 Å². The number of aliphatic hydroxyl groups excluding tert-OH is 2. The molecule has 4 nitrogen and oxygen atoms in total. The number of rotatable bonds is 8. The molecule has 0 bridgehead atoms. The summed E-state index contributed by atoms with van der Waals surface area (Å²) in [5.41, 5.74) is 0. The third kappa shape index (κ3) is 7.63. The van der Waals surface area contributed by atoms with Crippen molar-refractivity contribution in [2.45, 2.75) is 45.6 Å². The van der Waals surface area contributed by atoms with Gasteiger partial charge in [-0.1, -0.05) is 26.7 Å². The molecule has 0 aliphatic rings. The van der Waals surface area contributed by atoms with Crippen molar-refractivity contribution in [1.82, 2.24) is 0 Å². The molecule has 2 N–H and O–H groups in total. The number of carbonyl (C=O) groups is 1.